The zero-order chi connectivity index (χ0) is 17.4. The van der Waals surface area contributed by atoms with E-state index in [1.807, 2.05) is 24.3 Å². The second-order valence-corrected chi connectivity index (χ2v) is 5.94. The third-order valence-corrected chi connectivity index (χ3v) is 4.46. The first-order valence-electron chi connectivity index (χ1n) is 8.03. The van der Waals surface area contributed by atoms with E-state index in [0.29, 0.717) is 18.1 Å². The number of aromatic hydroxyl groups is 1. The average molecular weight is 371 g/mol. The molecule has 0 aliphatic heterocycles. The number of aryl methyl sites for hydroxylation is 1. The van der Waals surface area contributed by atoms with Gasteiger partial charge in [-0.1, -0.05) is 12.1 Å². The summed E-state index contributed by atoms with van der Waals surface area (Å²) < 4.78 is 7.59. The van der Waals surface area contributed by atoms with Gasteiger partial charge in [-0.2, -0.15) is 0 Å². The molecule has 0 bridgehead atoms. The van der Waals surface area contributed by atoms with Crippen molar-refractivity contribution >= 4 is 34.9 Å². The Kier molecular flexibility index (Phi) is 4.86. The molecule has 6 nitrogen and oxygen atoms in total. The van der Waals surface area contributed by atoms with Gasteiger partial charge in [-0.05, 0) is 43.7 Å². The van der Waals surface area contributed by atoms with Crippen molar-refractivity contribution in [1.82, 2.24) is 14.5 Å². The van der Waals surface area contributed by atoms with Crippen molar-refractivity contribution in [3.8, 4) is 5.75 Å². The lowest BCUT2D eigenvalue weighted by atomic mass is 10.2. The van der Waals surface area contributed by atoms with Gasteiger partial charge in [0, 0.05) is 5.69 Å². The fourth-order valence-corrected chi connectivity index (χ4v) is 3.02. The zero-order valence-corrected chi connectivity index (χ0v) is 15.2. The van der Waals surface area contributed by atoms with Crippen molar-refractivity contribution in [1.29, 1.82) is 0 Å². The normalized spacial score (nSPS) is 10.7. The summed E-state index contributed by atoms with van der Waals surface area (Å²) in [7, 11) is 0. The Balaban J connectivity index is 0.00000196. The third kappa shape index (κ3) is 2.99. The number of rotatable bonds is 4. The molecule has 0 aliphatic rings. The minimum atomic E-state index is 0. The number of benzene rings is 1. The maximum atomic E-state index is 10.0. The number of fused-ring (bicyclic) bond motifs is 1. The predicted molar refractivity (Wildman–Crippen MR) is 103 cm³/mol. The highest BCUT2D eigenvalue weighted by atomic mass is 35.5. The smallest absolute Gasteiger partial charge is 0.146 e. The highest BCUT2D eigenvalue weighted by Crippen LogP contribution is 2.33. The Morgan fingerprint density at radius 1 is 1.12 bits per heavy atom. The van der Waals surface area contributed by atoms with Gasteiger partial charge in [-0.25, -0.2) is 9.97 Å². The quantitative estimate of drug-likeness (QED) is 0.515. The Morgan fingerprint density at radius 2 is 1.92 bits per heavy atom. The van der Waals surface area contributed by atoms with E-state index in [4.69, 9.17) is 4.42 Å². The van der Waals surface area contributed by atoms with Crippen LogP contribution in [0.4, 0.5) is 11.5 Å². The van der Waals surface area contributed by atoms with Crippen LogP contribution in [0.1, 0.15) is 17.0 Å². The number of nitrogens with one attached hydrogen (secondary N) is 1. The van der Waals surface area contributed by atoms with Crippen molar-refractivity contribution in [2.24, 2.45) is 0 Å². The van der Waals surface area contributed by atoms with E-state index >= 15 is 0 Å². The van der Waals surface area contributed by atoms with Crippen LogP contribution in [-0.2, 0) is 6.54 Å². The molecule has 0 radical (unpaired) electrons. The Morgan fingerprint density at radius 3 is 2.65 bits per heavy atom. The molecule has 0 unspecified atom stereocenters. The summed E-state index contributed by atoms with van der Waals surface area (Å²) in [6.45, 7) is 4.72. The molecule has 4 rings (SSSR count). The lowest BCUT2D eigenvalue weighted by Gasteiger charge is -2.09. The van der Waals surface area contributed by atoms with Gasteiger partial charge in [-0.3, -0.25) is 0 Å². The van der Waals surface area contributed by atoms with Gasteiger partial charge in [0.15, 0.2) is 0 Å². The van der Waals surface area contributed by atoms with Gasteiger partial charge in [0.25, 0.3) is 0 Å². The molecule has 0 amide bonds. The van der Waals surface area contributed by atoms with Gasteiger partial charge < -0.3 is 19.4 Å². The Hall–Kier alpha value is -2.99. The molecule has 134 valence electrons. The number of phenolic OH excluding ortho intramolecular Hbond substituents is 1. The molecule has 0 spiro atoms. The third-order valence-electron chi connectivity index (χ3n) is 4.46. The van der Waals surface area contributed by atoms with Crippen molar-refractivity contribution in [2.45, 2.75) is 20.4 Å². The Labute approximate surface area is 156 Å². The number of anilines is 2. The number of phenols is 1. The molecule has 0 saturated carbocycles. The van der Waals surface area contributed by atoms with Gasteiger partial charge in [-0.15, -0.1) is 12.4 Å². The predicted octanol–water partition coefficient (Wildman–Crippen LogP) is 4.56. The molecule has 4 aromatic rings. The average Bonchev–Trinajstić information content (AvgIpc) is 3.21. The lowest BCUT2D eigenvalue weighted by molar-refractivity contribution is 0.477. The molecule has 0 saturated heterocycles. The second-order valence-electron chi connectivity index (χ2n) is 5.94. The summed E-state index contributed by atoms with van der Waals surface area (Å²) >= 11 is 0. The van der Waals surface area contributed by atoms with Crippen molar-refractivity contribution in [2.75, 3.05) is 5.32 Å². The van der Waals surface area contributed by atoms with Crippen LogP contribution in [0.5, 0.6) is 5.75 Å². The van der Waals surface area contributed by atoms with Crippen LogP contribution >= 0.6 is 12.4 Å². The van der Waals surface area contributed by atoms with Crippen molar-refractivity contribution < 1.29 is 9.52 Å². The van der Waals surface area contributed by atoms with E-state index in [0.717, 1.165) is 28.1 Å². The van der Waals surface area contributed by atoms with Crippen LogP contribution in [0.25, 0.3) is 11.0 Å². The van der Waals surface area contributed by atoms with E-state index in [1.54, 1.807) is 18.4 Å². The largest absolute Gasteiger partial charge is 0.506 e. The van der Waals surface area contributed by atoms with Crippen molar-refractivity contribution in [3.63, 3.8) is 0 Å². The highest BCUT2D eigenvalue weighted by molar-refractivity contribution is 5.93. The first-order chi connectivity index (χ1) is 12.1. The van der Waals surface area contributed by atoms with E-state index in [-0.39, 0.29) is 18.2 Å². The minimum absolute atomic E-state index is 0. The summed E-state index contributed by atoms with van der Waals surface area (Å²) in [5, 5.41) is 14.2. The maximum absolute atomic E-state index is 10.0. The molecular formula is C19H19ClN4O2. The second kappa shape index (κ2) is 7.09. The monoisotopic (exact) mass is 370 g/mol. The first kappa shape index (κ1) is 17.8. The summed E-state index contributed by atoms with van der Waals surface area (Å²) in [5.41, 5.74) is 3.64. The lowest BCUT2D eigenvalue weighted by Crippen LogP contribution is -2.02. The number of halogens is 1. The summed E-state index contributed by atoms with van der Waals surface area (Å²) in [4.78, 5) is 8.86. The number of nitrogens with zero attached hydrogens (tertiary/aromatic N) is 3. The maximum Gasteiger partial charge on any atom is 0.146 e. The zero-order valence-electron chi connectivity index (χ0n) is 14.4. The molecule has 1 aromatic carbocycles. The molecule has 0 fully saturated rings. The fraction of sp³-hybridized carbons (Fsp3) is 0.158. The van der Waals surface area contributed by atoms with Gasteiger partial charge in [0.1, 0.15) is 29.3 Å². The van der Waals surface area contributed by atoms with Crippen LogP contribution in [0.15, 0.2) is 53.4 Å². The number of furan rings is 1. The number of para-hydroxylation sites is 2. The molecule has 7 heteroatoms. The molecule has 0 aliphatic carbocycles. The number of hydrogen-bond acceptors (Lipinski definition) is 5. The van der Waals surface area contributed by atoms with E-state index < -0.39 is 0 Å². The van der Waals surface area contributed by atoms with Crippen LogP contribution < -0.4 is 5.32 Å². The standard InChI is InChI=1S/C19H18N4O2.ClH/c1-12-13(2)23(10-14-6-5-9-25-14)19-17(12)18(20-11-21-19)22-15-7-3-4-8-16(15)24;/h3-9,11,24H,10H2,1-2H3,(H,20,21,22);1H. The molecule has 2 N–H and O–H groups in total. The van der Waals surface area contributed by atoms with Gasteiger partial charge >= 0.3 is 0 Å². The van der Waals surface area contributed by atoms with Crippen LogP contribution in [0.2, 0.25) is 0 Å². The van der Waals surface area contributed by atoms with Crippen LogP contribution in [-0.4, -0.2) is 19.6 Å². The molecule has 26 heavy (non-hydrogen) atoms. The van der Waals surface area contributed by atoms with Crippen LogP contribution in [0.3, 0.4) is 0 Å². The molecule has 0 atom stereocenters. The summed E-state index contributed by atoms with van der Waals surface area (Å²) in [5.74, 6) is 1.72. The molecule has 3 heterocycles. The van der Waals surface area contributed by atoms with E-state index in [2.05, 4.69) is 33.7 Å². The van der Waals surface area contributed by atoms with E-state index in [1.165, 1.54) is 6.33 Å². The van der Waals surface area contributed by atoms with Gasteiger partial charge in [0.2, 0.25) is 0 Å². The minimum Gasteiger partial charge on any atom is -0.506 e. The van der Waals surface area contributed by atoms with Crippen molar-refractivity contribution in [3.05, 3.63) is 66.0 Å². The molecular weight excluding hydrogens is 352 g/mol. The Bertz CT molecular complexity index is 1040. The first-order valence-corrected chi connectivity index (χ1v) is 8.03. The van der Waals surface area contributed by atoms with Gasteiger partial charge in [0.05, 0.1) is 23.9 Å². The van der Waals surface area contributed by atoms with E-state index in [9.17, 15) is 5.11 Å². The fourth-order valence-electron chi connectivity index (χ4n) is 3.02. The summed E-state index contributed by atoms with van der Waals surface area (Å²) in [6.07, 6.45) is 3.20. The highest BCUT2D eigenvalue weighted by Gasteiger charge is 2.17. The number of hydrogen-bond donors (Lipinski definition) is 2. The summed E-state index contributed by atoms with van der Waals surface area (Å²) in [6, 6.07) is 10.9. The SMILES string of the molecule is Cc1c(C)n(Cc2ccco2)c2ncnc(Nc3ccccc3O)c12.Cl. The topological polar surface area (TPSA) is 76.1 Å². The van der Waals surface area contributed by atoms with Crippen LogP contribution in [0, 0.1) is 13.8 Å². The number of aromatic nitrogens is 3. The molecule has 3 aromatic heterocycles.